The van der Waals surface area contributed by atoms with Crippen molar-refractivity contribution >= 4 is 40.8 Å². The first-order valence-electron chi connectivity index (χ1n) is 13.1. The molecule has 1 unspecified atom stereocenters. The van der Waals surface area contributed by atoms with Gasteiger partial charge in [-0.1, -0.05) is 43.6 Å². The minimum atomic E-state index is -0.926. The predicted molar refractivity (Wildman–Crippen MR) is 146 cm³/mol. The van der Waals surface area contributed by atoms with E-state index in [9.17, 15) is 23.2 Å². The van der Waals surface area contributed by atoms with Gasteiger partial charge >= 0.3 is 0 Å². The summed E-state index contributed by atoms with van der Waals surface area (Å²) in [7, 11) is 0. The molecule has 1 aliphatic carbocycles. The molecule has 3 aromatic rings. The molecule has 10 heteroatoms. The molecule has 1 saturated heterocycles. The van der Waals surface area contributed by atoms with Crippen LogP contribution in [0, 0.1) is 17.0 Å². The third-order valence-corrected chi connectivity index (χ3v) is 8.81. The molecule has 6 rings (SSSR count). The van der Waals surface area contributed by atoms with Gasteiger partial charge in [0, 0.05) is 28.4 Å². The lowest BCUT2D eigenvalue weighted by Crippen LogP contribution is -2.50. The third kappa shape index (κ3) is 4.15. The number of aromatic nitrogens is 1. The molecule has 2 aliphatic heterocycles. The van der Waals surface area contributed by atoms with Crippen molar-refractivity contribution in [3.8, 4) is 0 Å². The predicted octanol–water partition coefficient (Wildman–Crippen LogP) is 5.33. The van der Waals surface area contributed by atoms with Crippen molar-refractivity contribution in [2.45, 2.75) is 51.0 Å². The number of hydrogen-bond donors (Lipinski definition) is 2. The molecular weight excluding hydrogens is 538 g/mol. The summed E-state index contributed by atoms with van der Waals surface area (Å²) in [5.41, 5.74) is 1.96. The zero-order chi connectivity index (χ0) is 28.4. The lowest BCUT2D eigenvalue weighted by molar-refractivity contribution is -0.150. The fourth-order valence-corrected chi connectivity index (χ4v) is 6.47. The highest BCUT2D eigenvalue weighted by atomic mass is 35.5. The molecule has 1 spiro atoms. The van der Waals surface area contributed by atoms with Crippen LogP contribution in [0.4, 0.5) is 20.3 Å². The number of fused-ring (bicyclic) bond motifs is 3. The number of carbonyl (C=O) groups is 3. The van der Waals surface area contributed by atoms with Gasteiger partial charge in [0.1, 0.15) is 29.0 Å². The first-order chi connectivity index (χ1) is 19.0. The number of halogens is 3. The second-order valence-corrected chi connectivity index (χ2v) is 11.8. The molecule has 1 aromatic heterocycles. The van der Waals surface area contributed by atoms with E-state index in [1.807, 2.05) is 24.3 Å². The van der Waals surface area contributed by atoms with E-state index in [-0.39, 0.29) is 23.9 Å². The number of amides is 3. The van der Waals surface area contributed by atoms with Crippen molar-refractivity contribution in [2.75, 3.05) is 17.2 Å². The average molecular weight is 565 g/mol. The second kappa shape index (κ2) is 9.37. The molecule has 3 amide bonds. The second-order valence-electron chi connectivity index (χ2n) is 11.5. The standard InChI is InChI=1S/C30H27ClF2N4O3/c1-29(2)10-9-22(19-7-8-21(32)24(31)25(19)33)37(28(29)40)15-23(38)35-18-6-5-16-13-30(14-17(16)12-18)20-4-3-11-34-26(20)36-27(30)39/h3-8,11-12,22H,9-10,13-15H2,1-2H3,(H,35,38)(H,34,36,39)/t22?,30-/m1/s1. The minimum absolute atomic E-state index is 0.0792. The molecule has 3 heterocycles. The quantitative estimate of drug-likeness (QED) is 0.419. The monoisotopic (exact) mass is 564 g/mol. The van der Waals surface area contributed by atoms with Crippen LogP contribution in [0.2, 0.25) is 5.02 Å². The topological polar surface area (TPSA) is 91.4 Å². The summed E-state index contributed by atoms with van der Waals surface area (Å²) in [6, 6.07) is 10.8. The number of benzene rings is 2. The molecule has 7 nitrogen and oxygen atoms in total. The van der Waals surface area contributed by atoms with Crippen molar-refractivity contribution in [2.24, 2.45) is 5.41 Å². The maximum absolute atomic E-state index is 15.0. The van der Waals surface area contributed by atoms with Gasteiger partial charge in [-0.25, -0.2) is 13.8 Å². The van der Waals surface area contributed by atoms with Crippen molar-refractivity contribution < 1.29 is 23.2 Å². The fraction of sp³-hybridized carbons (Fsp3) is 0.333. The third-order valence-electron chi connectivity index (χ3n) is 8.46. The van der Waals surface area contributed by atoms with Crippen LogP contribution >= 0.6 is 11.6 Å². The number of piperidine rings is 1. The Labute approximate surface area is 234 Å². The lowest BCUT2D eigenvalue weighted by atomic mass is 9.78. The van der Waals surface area contributed by atoms with Crippen LogP contribution < -0.4 is 10.6 Å². The summed E-state index contributed by atoms with van der Waals surface area (Å²) >= 11 is 5.82. The van der Waals surface area contributed by atoms with E-state index >= 15 is 0 Å². The first kappa shape index (κ1) is 26.4. The van der Waals surface area contributed by atoms with E-state index in [1.165, 1.54) is 11.0 Å². The zero-order valence-electron chi connectivity index (χ0n) is 22.0. The Morgan fingerprint density at radius 1 is 1.15 bits per heavy atom. The Morgan fingerprint density at radius 2 is 1.93 bits per heavy atom. The van der Waals surface area contributed by atoms with Crippen molar-refractivity contribution in [1.29, 1.82) is 0 Å². The number of nitrogens with one attached hydrogen (secondary N) is 2. The Bertz CT molecular complexity index is 1590. The summed E-state index contributed by atoms with van der Waals surface area (Å²) in [6.07, 6.45) is 3.52. The van der Waals surface area contributed by atoms with E-state index in [2.05, 4.69) is 15.6 Å². The smallest absolute Gasteiger partial charge is 0.244 e. The number of hydrogen-bond acceptors (Lipinski definition) is 4. The minimum Gasteiger partial charge on any atom is -0.326 e. The van der Waals surface area contributed by atoms with E-state index in [0.29, 0.717) is 37.2 Å². The van der Waals surface area contributed by atoms with Crippen LogP contribution in [0.3, 0.4) is 0 Å². The number of anilines is 2. The van der Waals surface area contributed by atoms with Gasteiger partial charge in [0.2, 0.25) is 17.7 Å². The van der Waals surface area contributed by atoms with Crippen LogP contribution in [0.25, 0.3) is 0 Å². The maximum atomic E-state index is 15.0. The molecule has 206 valence electrons. The van der Waals surface area contributed by atoms with Crippen LogP contribution in [-0.2, 0) is 32.6 Å². The van der Waals surface area contributed by atoms with Crippen molar-refractivity contribution in [1.82, 2.24) is 9.88 Å². The Kier molecular flexibility index (Phi) is 6.18. The number of likely N-dealkylation sites (tertiary alicyclic amines) is 1. The lowest BCUT2D eigenvalue weighted by Gasteiger charge is -2.43. The summed E-state index contributed by atoms with van der Waals surface area (Å²) in [5, 5.41) is 5.11. The highest BCUT2D eigenvalue weighted by Crippen LogP contribution is 2.47. The molecular formula is C30H27ClF2N4O3. The van der Waals surface area contributed by atoms with E-state index < -0.39 is 39.4 Å². The Morgan fingerprint density at radius 3 is 2.73 bits per heavy atom. The van der Waals surface area contributed by atoms with Crippen molar-refractivity contribution in [3.05, 3.63) is 87.6 Å². The maximum Gasteiger partial charge on any atom is 0.244 e. The fourth-order valence-electron chi connectivity index (χ4n) is 6.29. The number of nitrogens with zero attached hydrogens (tertiary/aromatic N) is 2. The van der Waals surface area contributed by atoms with E-state index in [0.717, 1.165) is 22.8 Å². The Balaban J connectivity index is 1.23. The van der Waals surface area contributed by atoms with E-state index in [4.69, 9.17) is 11.6 Å². The highest BCUT2D eigenvalue weighted by molar-refractivity contribution is 6.31. The van der Waals surface area contributed by atoms with Crippen LogP contribution in [0.1, 0.15) is 55.0 Å². The molecule has 0 bridgehead atoms. The zero-order valence-corrected chi connectivity index (χ0v) is 22.7. The SMILES string of the molecule is CC1(C)CCC(c2ccc(F)c(Cl)c2F)N(CC(=O)Nc2ccc3c(c2)C[C@@]2(C3)C(=O)Nc3ncccc32)C1=O. The van der Waals surface area contributed by atoms with Crippen LogP contribution in [0.5, 0.6) is 0 Å². The number of pyridine rings is 1. The summed E-state index contributed by atoms with van der Waals surface area (Å²) in [6.45, 7) is 3.26. The van der Waals surface area contributed by atoms with Crippen LogP contribution in [0.15, 0.2) is 48.7 Å². The summed E-state index contributed by atoms with van der Waals surface area (Å²) in [4.78, 5) is 45.2. The highest BCUT2D eigenvalue weighted by Gasteiger charge is 2.51. The molecule has 2 aromatic carbocycles. The normalized spacial score (nSPS) is 22.7. The van der Waals surface area contributed by atoms with Gasteiger partial charge in [0.15, 0.2) is 0 Å². The molecule has 1 fully saturated rings. The molecule has 2 atom stereocenters. The van der Waals surface area contributed by atoms with Gasteiger partial charge in [0.05, 0.1) is 11.5 Å². The molecule has 0 saturated carbocycles. The molecule has 3 aliphatic rings. The van der Waals surface area contributed by atoms with E-state index in [1.54, 1.807) is 26.1 Å². The van der Waals surface area contributed by atoms with Gasteiger partial charge in [-0.15, -0.1) is 0 Å². The molecule has 2 N–H and O–H groups in total. The van der Waals surface area contributed by atoms with Gasteiger partial charge < -0.3 is 15.5 Å². The average Bonchev–Trinajstić information content (AvgIpc) is 3.43. The number of rotatable bonds is 4. The van der Waals surface area contributed by atoms with Crippen molar-refractivity contribution in [3.63, 3.8) is 0 Å². The molecule has 0 radical (unpaired) electrons. The van der Waals surface area contributed by atoms with Gasteiger partial charge in [-0.2, -0.15) is 0 Å². The van der Waals surface area contributed by atoms with Gasteiger partial charge in [-0.3, -0.25) is 14.4 Å². The summed E-state index contributed by atoms with van der Waals surface area (Å²) in [5.74, 6) is -2.07. The number of carbonyl (C=O) groups excluding carboxylic acids is 3. The first-order valence-corrected chi connectivity index (χ1v) is 13.5. The largest absolute Gasteiger partial charge is 0.326 e. The van der Waals surface area contributed by atoms with Gasteiger partial charge in [-0.05, 0) is 61.1 Å². The summed E-state index contributed by atoms with van der Waals surface area (Å²) < 4.78 is 28.8. The van der Waals surface area contributed by atoms with Gasteiger partial charge in [0.25, 0.3) is 0 Å². The Hall–Kier alpha value is -3.85. The molecule has 40 heavy (non-hydrogen) atoms. The van der Waals surface area contributed by atoms with Crippen LogP contribution in [-0.4, -0.2) is 34.2 Å².